The molecular weight excluding hydrogens is 224 g/mol. The van der Waals surface area contributed by atoms with Crippen LogP contribution in [0.2, 0.25) is 0 Å². The molecule has 1 aromatic rings. The van der Waals surface area contributed by atoms with E-state index in [1.807, 2.05) is 18.9 Å². The molecule has 0 aliphatic carbocycles. The van der Waals surface area contributed by atoms with Crippen LogP contribution in [0.1, 0.15) is 44.5 Å². The highest BCUT2D eigenvalue weighted by molar-refractivity contribution is 5.57. The molecule has 0 fully saturated rings. The van der Waals surface area contributed by atoms with Gasteiger partial charge in [0.15, 0.2) is 5.82 Å². The molecule has 0 spiro atoms. The summed E-state index contributed by atoms with van der Waals surface area (Å²) in [5, 5.41) is 17.9. The number of hydrogen-bond donors (Lipinski definition) is 0. The van der Waals surface area contributed by atoms with Crippen molar-refractivity contribution in [1.82, 2.24) is 10.2 Å². The number of nitrogens with zero attached hydrogens (tertiary/aromatic N) is 4. The molecule has 98 valence electrons. The van der Waals surface area contributed by atoms with Crippen molar-refractivity contribution in [2.75, 3.05) is 18.5 Å². The zero-order chi connectivity index (χ0) is 13.7. The van der Waals surface area contributed by atoms with Crippen molar-refractivity contribution in [3.8, 4) is 6.07 Å². The van der Waals surface area contributed by atoms with Crippen LogP contribution >= 0.6 is 0 Å². The zero-order valence-corrected chi connectivity index (χ0v) is 12.0. The third-order valence-electron chi connectivity index (χ3n) is 2.94. The maximum Gasteiger partial charge on any atom is 0.169 e. The first-order valence-corrected chi connectivity index (χ1v) is 6.54. The van der Waals surface area contributed by atoms with E-state index in [4.69, 9.17) is 0 Å². The van der Waals surface area contributed by atoms with E-state index in [1.165, 1.54) is 0 Å². The Morgan fingerprint density at radius 2 is 1.89 bits per heavy atom. The Bertz CT molecular complexity index is 446. The van der Waals surface area contributed by atoms with Crippen molar-refractivity contribution < 1.29 is 0 Å². The Morgan fingerprint density at radius 1 is 1.22 bits per heavy atom. The quantitative estimate of drug-likeness (QED) is 0.801. The average molecular weight is 246 g/mol. The van der Waals surface area contributed by atoms with E-state index in [0.29, 0.717) is 17.3 Å². The molecule has 0 unspecified atom stereocenters. The molecule has 1 rings (SSSR count). The second-order valence-corrected chi connectivity index (χ2v) is 4.92. The minimum absolute atomic E-state index is 0.527. The Hall–Kier alpha value is -1.63. The summed E-state index contributed by atoms with van der Waals surface area (Å²) >= 11 is 0. The molecule has 0 saturated heterocycles. The van der Waals surface area contributed by atoms with Crippen LogP contribution in [0.4, 0.5) is 5.82 Å². The van der Waals surface area contributed by atoms with Crippen molar-refractivity contribution in [1.29, 1.82) is 5.26 Å². The second-order valence-electron chi connectivity index (χ2n) is 4.92. The molecule has 0 saturated carbocycles. The van der Waals surface area contributed by atoms with Gasteiger partial charge in [0, 0.05) is 13.6 Å². The van der Waals surface area contributed by atoms with E-state index >= 15 is 0 Å². The van der Waals surface area contributed by atoms with Gasteiger partial charge in [-0.2, -0.15) is 10.4 Å². The predicted molar refractivity (Wildman–Crippen MR) is 73.6 cm³/mol. The first-order chi connectivity index (χ1) is 8.54. The maximum atomic E-state index is 9.39. The summed E-state index contributed by atoms with van der Waals surface area (Å²) in [7, 11) is 1.97. The topological polar surface area (TPSA) is 52.8 Å². The van der Waals surface area contributed by atoms with E-state index < -0.39 is 0 Å². The third-order valence-corrected chi connectivity index (χ3v) is 2.94. The van der Waals surface area contributed by atoms with E-state index in [0.717, 1.165) is 30.6 Å². The van der Waals surface area contributed by atoms with Crippen LogP contribution in [0.15, 0.2) is 0 Å². The maximum absolute atomic E-state index is 9.39. The van der Waals surface area contributed by atoms with E-state index in [2.05, 4.69) is 37.0 Å². The summed E-state index contributed by atoms with van der Waals surface area (Å²) in [5.74, 6) is 1.24. The van der Waals surface area contributed by atoms with Gasteiger partial charge in [-0.3, -0.25) is 0 Å². The Labute approximate surface area is 110 Å². The van der Waals surface area contributed by atoms with Gasteiger partial charge in [0.25, 0.3) is 0 Å². The summed E-state index contributed by atoms with van der Waals surface area (Å²) in [6, 6.07) is 2.30. The lowest BCUT2D eigenvalue weighted by Gasteiger charge is -2.22. The molecule has 0 aliphatic heterocycles. The minimum atomic E-state index is 0.527. The van der Waals surface area contributed by atoms with E-state index in [1.54, 1.807) is 0 Å². The third kappa shape index (κ3) is 2.98. The van der Waals surface area contributed by atoms with Gasteiger partial charge in [0.1, 0.15) is 11.6 Å². The minimum Gasteiger partial charge on any atom is -0.357 e. The molecule has 0 bridgehead atoms. The number of aromatic nitrogens is 2. The highest BCUT2D eigenvalue weighted by atomic mass is 15.2. The van der Waals surface area contributed by atoms with E-state index in [-0.39, 0.29) is 0 Å². The van der Waals surface area contributed by atoms with Crippen molar-refractivity contribution in [2.24, 2.45) is 5.92 Å². The first-order valence-electron chi connectivity index (χ1n) is 6.54. The molecule has 1 heterocycles. The van der Waals surface area contributed by atoms with Crippen molar-refractivity contribution in [2.45, 2.75) is 40.5 Å². The standard InChI is InChI=1S/C14H22N4/c1-6-11-12(8-15)14(17-16-13(11)7-2)18(5)9-10(3)4/h10H,6-7,9H2,1-5H3. The van der Waals surface area contributed by atoms with Crippen LogP contribution in [0.5, 0.6) is 0 Å². The number of anilines is 1. The first kappa shape index (κ1) is 14.4. The lowest BCUT2D eigenvalue weighted by molar-refractivity contribution is 0.630. The SMILES string of the molecule is CCc1nnc(N(C)CC(C)C)c(C#N)c1CC. The van der Waals surface area contributed by atoms with Crippen LogP contribution < -0.4 is 4.90 Å². The smallest absolute Gasteiger partial charge is 0.169 e. The Kier molecular flexibility index (Phi) is 5.08. The van der Waals surface area contributed by atoms with Crippen LogP contribution in [-0.4, -0.2) is 23.8 Å². The fraction of sp³-hybridized carbons (Fsp3) is 0.643. The number of hydrogen-bond acceptors (Lipinski definition) is 4. The second kappa shape index (κ2) is 6.34. The number of aryl methyl sites for hydroxylation is 1. The monoisotopic (exact) mass is 246 g/mol. The molecule has 4 heteroatoms. The van der Waals surface area contributed by atoms with Gasteiger partial charge >= 0.3 is 0 Å². The summed E-state index contributed by atoms with van der Waals surface area (Å²) in [6.45, 7) is 9.28. The van der Waals surface area contributed by atoms with Gasteiger partial charge in [-0.15, -0.1) is 5.10 Å². The van der Waals surface area contributed by atoms with Crippen molar-refractivity contribution in [3.05, 3.63) is 16.8 Å². The van der Waals surface area contributed by atoms with Crippen LogP contribution in [0.3, 0.4) is 0 Å². The molecule has 1 aromatic heterocycles. The van der Waals surface area contributed by atoms with Gasteiger partial charge in [-0.1, -0.05) is 27.7 Å². The number of nitriles is 1. The van der Waals surface area contributed by atoms with Gasteiger partial charge in [-0.25, -0.2) is 0 Å². The lowest BCUT2D eigenvalue weighted by Crippen LogP contribution is -2.25. The molecule has 18 heavy (non-hydrogen) atoms. The van der Waals surface area contributed by atoms with Crippen molar-refractivity contribution >= 4 is 5.82 Å². The largest absolute Gasteiger partial charge is 0.357 e. The van der Waals surface area contributed by atoms with Crippen molar-refractivity contribution in [3.63, 3.8) is 0 Å². The fourth-order valence-electron chi connectivity index (χ4n) is 2.18. The molecule has 0 radical (unpaired) electrons. The van der Waals surface area contributed by atoms with Gasteiger partial charge < -0.3 is 4.90 Å². The van der Waals surface area contributed by atoms with Crippen LogP contribution in [0, 0.1) is 17.2 Å². The predicted octanol–water partition coefficient (Wildman–Crippen LogP) is 2.57. The molecule has 4 nitrogen and oxygen atoms in total. The molecule has 0 aromatic carbocycles. The normalized spacial score (nSPS) is 10.5. The molecule has 0 amide bonds. The Morgan fingerprint density at radius 3 is 2.33 bits per heavy atom. The zero-order valence-electron chi connectivity index (χ0n) is 12.0. The molecule has 0 atom stereocenters. The fourth-order valence-corrected chi connectivity index (χ4v) is 2.18. The number of rotatable bonds is 5. The van der Waals surface area contributed by atoms with Crippen LogP contribution in [-0.2, 0) is 12.8 Å². The molecular formula is C14H22N4. The van der Waals surface area contributed by atoms with E-state index in [9.17, 15) is 5.26 Å². The summed E-state index contributed by atoms with van der Waals surface area (Å²) in [4.78, 5) is 2.02. The van der Waals surface area contributed by atoms with Gasteiger partial charge in [0.2, 0.25) is 0 Å². The summed E-state index contributed by atoms with van der Waals surface area (Å²) in [6.07, 6.45) is 1.64. The summed E-state index contributed by atoms with van der Waals surface area (Å²) < 4.78 is 0. The van der Waals surface area contributed by atoms with Gasteiger partial charge in [-0.05, 0) is 24.3 Å². The average Bonchev–Trinajstić information content (AvgIpc) is 2.35. The Balaban J connectivity index is 3.25. The highest BCUT2D eigenvalue weighted by Gasteiger charge is 2.17. The van der Waals surface area contributed by atoms with Crippen LogP contribution in [0.25, 0.3) is 0 Å². The molecule has 0 aliphatic rings. The van der Waals surface area contributed by atoms with Gasteiger partial charge in [0.05, 0.1) is 5.69 Å². The molecule has 0 N–H and O–H groups in total. The highest BCUT2D eigenvalue weighted by Crippen LogP contribution is 2.22. The lowest BCUT2D eigenvalue weighted by atomic mass is 10.0. The summed E-state index contributed by atoms with van der Waals surface area (Å²) in [5.41, 5.74) is 2.67.